The fourth-order valence-electron chi connectivity index (χ4n) is 3.45. The summed E-state index contributed by atoms with van der Waals surface area (Å²) in [5, 5.41) is 13.6. The molecule has 2 aromatic carbocycles. The maximum atomic E-state index is 13.3. The van der Waals surface area contributed by atoms with E-state index < -0.39 is 41.1 Å². The number of allylic oxidation sites excluding steroid dienone is 1. The molecule has 8 heteroatoms. The molecule has 30 heavy (non-hydrogen) atoms. The number of aliphatic hydroxyl groups is 1. The number of hydrogen-bond acceptors (Lipinski definition) is 3. The van der Waals surface area contributed by atoms with Gasteiger partial charge in [-0.05, 0) is 54.2 Å². The van der Waals surface area contributed by atoms with E-state index in [0.717, 1.165) is 18.2 Å². The van der Waals surface area contributed by atoms with E-state index in [1.807, 2.05) is 0 Å². The minimum absolute atomic E-state index is 0.00143. The molecule has 3 nitrogen and oxygen atoms in total. The average molecular weight is 426 g/mol. The summed E-state index contributed by atoms with van der Waals surface area (Å²) in [6, 6.07) is 8.39. The highest BCUT2D eigenvalue weighted by Gasteiger charge is 2.44. The van der Waals surface area contributed by atoms with Crippen LogP contribution in [0.1, 0.15) is 29.5 Å². The fraction of sp³-hybridized carbons (Fsp3) is 0.364. The summed E-state index contributed by atoms with van der Waals surface area (Å²) < 4.78 is 65.4. The van der Waals surface area contributed by atoms with E-state index in [-0.39, 0.29) is 18.5 Å². The molecule has 2 aromatic rings. The van der Waals surface area contributed by atoms with Crippen LogP contribution in [0.4, 0.5) is 22.0 Å². The monoisotopic (exact) mass is 426 g/mol. The number of alkyl halides is 3. The Morgan fingerprint density at radius 3 is 2.33 bits per heavy atom. The maximum Gasteiger partial charge on any atom is 0.416 e. The van der Waals surface area contributed by atoms with Gasteiger partial charge in [0.05, 0.1) is 11.7 Å². The maximum absolute atomic E-state index is 13.3. The summed E-state index contributed by atoms with van der Waals surface area (Å²) >= 11 is 0. The van der Waals surface area contributed by atoms with Crippen molar-refractivity contribution in [3.63, 3.8) is 0 Å². The molecule has 162 valence electrons. The third kappa shape index (κ3) is 5.24. The van der Waals surface area contributed by atoms with Gasteiger partial charge in [0.1, 0.15) is 11.6 Å². The van der Waals surface area contributed by atoms with Crippen molar-refractivity contribution in [2.24, 2.45) is 5.73 Å². The lowest BCUT2D eigenvalue weighted by molar-refractivity contribution is -0.0686. The molecule has 0 heterocycles. The van der Waals surface area contributed by atoms with Crippen molar-refractivity contribution in [2.45, 2.75) is 43.1 Å². The fourth-order valence-corrected chi connectivity index (χ4v) is 3.45. The van der Waals surface area contributed by atoms with Gasteiger partial charge in [-0.3, -0.25) is 0 Å². The lowest BCUT2D eigenvalue weighted by atomic mass is 9.97. The molecule has 0 aliphatic heterocycles. The van der Waals surface area contributed by atoms with Gasteiger partial charge in [-0.25, -0.2) is 8.78 Å². The quantitative estimate of drug-likeness (QED) is 0.559. The number of nitrogens with one attached hydrogen (secondary N) is 1. The third-order valence-electron chi connectivity index (χ3n) is 5.39. The lowest BCUT2D eigenvalue weighted by Gasteiger charge is -2.24. The Bertz CT molecular complexity index is 904. The molecule has 1 aliphatic rings. The number of rotatable bonds is 8. The van der Waals surface area contributed by atoms with Crippen LogP contribution in [0.25, 0.3) is 5.57 Å². The van der Waals surface area contributed by atoms with Gasteiger partial charge in [-0.15, -0.1) is 0 Å². The zero-order valence-corrected chi connectivity index (χ0v) is 16.1. The largest absolute Gasteiger partial charge is 0.416 e. The van der Waals surface area contributed by atoms with E-state index in [4.69, 9.17) is 5.73 Å². The second-order valence-electron chi connectivity index (χ2n) is 7.73. The van der Waals surface area contributed by atoms with Crippen LogP contribution in [0.5, 0.6) is 0 Å². The minimum Gasteiger partial charge on any atom is -0.390 e. The van der Waals surface area contributed by atoms with Gasteiger partial charge >= 0.3 is 6.18 Å². The van der Waals surface area contributed by atoms with Gasteiger partial charge in [-0.1, -0.05) is 24.8 Å². The predicted octanol–water partition coefficient (Wildman–Crippen LogP) is 4.05. The van der Waals surface area contributed by atoms with E-state index in [1.54, 1.807) is 12.1 Å². The molecule has 1 fully saturated rings. The second kappa shape index (κ2) is 8.45. The first-order valence-corrected chi connectivity index (χ1v) is 9.51. The normalized spacial score (nSPS) is 17.4. The van der Waals surface area contributed by atoms with Crippen LogP contribution in [-0.2, 0) is 12.0 Å². The predicted molar refractivity (Wildman–Crippen MR) is 104 cm³/mol. The standard InChI is InChI=1S/C22H23F5N2O/c1-13(22(25,26)27)15-3-2-4-16(10-15)21(5-6-21)29-12-20(30)19(28)9-14-7-17(23)11-18(24)8-14/h2-4,7-8,10-11,19-20,29-30H,1,5-6,9,12,28H2. The van der Waals surface area contributed by atoms with Crippen molar-refractivity contribution >= 4 is 5.57 Å². The molecular weight excluding hydrogens is 403 g/mol. The molecule has 0 aromatic heterocycles. The number of hydrogen-bond donors (Lipinski definition) is 3. The Labute approximate surface area is 171 Å². The summed E-state index contributed by atoms with van der Waals surface area (Å²) in [6.45, 7) is 3.22. The molecule has 1 aliphatic carbocycles. The Balaban J connectivity index is 1.63. The van der Waals surface area contributed by atoms with Crippen molar-refractivity contribution in [1.29, 1.82) is 0 Å². The van der Waals surface area contributed by atoms with E-state index >= 15 is 0 Å². The zero-order valence-electron chi connectivity index (χ0n) is 16.1. The summed E-state index contributed by atoms with van der Waals surface area (Å²) in [5.41, 5.74) is 5.54. The molecule has 1 saturated carbocycles. The van der Waals surface area contributed by atoms with Crippen molar-refractivity contribution in [3.8, 4) is 0 Å². The van der Waals surface area contributed by atoms with Crippen LogP contribution in [0, 0.1) is 11.6 Å². The van der Waals surface area contributed by atoms with Gasteiger partial charge in [0, 0.05) is 24.2 Å². The number of benzene rings is 2. The van der Waals surface area contributed by atoms with E-state index in [9.17, 15) is 27.1 Å². The topological polar surface area (TPSA) is 58.3 Å². The third-order valence-corrected chi connectivity index (χ3v) is 5.39. The van der Waals surface area contributed by atoms with E-state index in [0.29, 0.717) is 24.0 Å². The van der Waals surface area contributed by atoms with Crippen molar-refractivity contribution < 1.29 is 27.1 Å². The van der Waals surface area contributed by atoms with Crippen molar-refractivity contribution in [2.75, 3.05) is 6.54 Å². The Kier molecular flexibility index (Phi) is 6.31. The van der Waals surface area contributed by atoms with Gasteiger partial charge in [-0.2, -0.15) is 13.2 Å². The Morgan fingerprint density at radius 1 is 1.13 bits per heavy atom. The van der Waals surface area contributed by atoms with E-state index in [1.165, 1.54) is 12.1 Å². The van der Waals surface area contributed by atoms with Crippen LogP contribution < -0.4 is 11.1 Å². The van der Waals surface area contributed by atoms with Crippen LogP contribution in [-0.4, -0.2) is 30.0 Å². The Morgan fingerprint density at radius 2 is 1.77 bits per heavy atom. The molecule has 0 amide bonds. The summed E-state index contributed by atoms with van der Waals surface area (Å²) in [4.78, 5) is 0. The highest BCUT2D eigenvalue weighted by Crippen LogP contribution is 2.46. The average Bonchev–Trinajstić information content (AvgIpc) is 3.45. The van der Waals surface area contributed by atoms with Crippen LogP contribution in [0.3, 0.4) is 0 Å². The highest BCUT2D eigenvalue weighted by molar-refractivity contribution is 5.68. The minimum atomic E-state index is -4.51. The Hall–Kier alpha value is -2.29. The second-order valence-corrected chi connectivity index (χ2v) is 7.73. The van der Waals surface area contributed by atoms with Crippen molar-refractivity contribution in [3.05, 3.63) is 77.4 Å². The van der Waals surface area contributed by atoms with Gasteiger partial charge < -0.3 is 16.2 Å². The smallest absolute Gasteiger partial charge is 0.390 e. The molecule has 3 rings (SSSR count). The molecule has 0 saturated heterocycles. The van der Waals surface area contributed by atoms with Gasteiger partial charge in [0.15, 0.2) is 0 Å². The number of nitrogens with two attached hydrogens (primary N) is 1. The first-order chi connectivity index (χ1) is 14.0. The molecule has 2 unspecified atom stereocenters. The first-order valence-electron chi connectivity index (χ1n) is 9.51. The summed E-state index contributed by atoms with van der Waals surface area (Å²) in [5.74, 6) is -1.44. The zero-order chi connectivity index (χ0) is 22.1. The van der Waals surface area contributed by atoms with Crippen LogP contribution in [0.15, 0.2) is 49.0 Å². The molecule has 0 spiro atoms. The summed E-state index contributed by atoms with van der Waals surface area (Å²) in [6.07, 6.45) is -4.05. The van der Waals surface area contributed by atoms with Crippen LogP contribution in [0.2, 0.25) is 0 Å². The highest BCUT2D eigenvalue weighted by atomic mass is 19.4. The molecular formula is C22H23F5N2O. The first kappa shape index (κ1) is 22.4. The molecule has 0 radical (unpaired) electrons. The number of aliphatic hydroxyl groups excluding tert-OH is 1. The van der Waals surface area contributed by atoms with Gasteiger partial charge in [0.25, 0.3) is 0 Å². The van der Waals surface area contributed by atoms with Crippen molar-refractivity contribution in [1.82, 2.24) is 5.32 Å². The van der Waals surface area contributed by atoms with Crippen LogP contribution >= 0.6 is 0 Å². The molecule has 2 atom stereocenters. The SMILES string of the molecule is C=C(c1cccc(C2(NCC(O)C(N)Cc3cc(F)cc(F)c3)CC2)c1)C(F)(F)F. The molecule has 0 bridgehead atoms. The van der Waals surface area contributed by atoms with Gasteiger partial charge in [0.2, 0.25) is 0 Å². The number of halogens is 5. The lowest BCUT2D eigenvalue weighted by Crippen LogP contribution is -2.45. The summed E-state index contributed by atoms with van der Waals surface area (Å²) in [7, 11) is 0. The molecule has 4 N–H and O–H groups in total. The van der Waals surface area contributed by atoms with E-state index in [2.05, 4.69) is 11.9 Å².